The van der Waals surface area contributed by atoms with E-state index in [1.165, 1.54) is 30.5 Å². The van der Waals surface area contributed by atoms with Crippen LogP contribution >= 0.6 is 11.6 Å². The highest BCUT2D eigenvalue weighted by Crippen LogP contribution is 2.21. The highest BCUT2D eigenvalue weighted by atomic mass is 35.5. The van der Waals surface area contributed by atoms with E-state index in [9.17, 15) is 9.18 Å². The van der Waals surface area contributed by atoms with E-state index in [2.05, 4.69) is 9.97 Å². The molecule has 0 amide bonds. The number of aromatic nitrogens is 2. The molecule has 0 aliphatic heterocycles. The third-order valence-electron chi connectivity index (χ3n) is 3.05. The molecular formula is C17H10ClFN2O2. The Bertz CT molecular complexity index is 836. The van der Waals surface area contributed by atoms with E-state index in [-0.39, 0.29) is 16.9 Å². The Kier molecular flexibility index (Phi) is 4.30. The summed E-state index contributed by atoms with van der Waals surface area (Å²) in [5, 5.41) is 0.0885. The van der Waals surface area contributed by atoms with Gasteiger partial charge in [-0.05, 0) is 60.1 Å². The van der Waals surface area contributed by atoms with Crippen molar-refractivity contribution in [2.24, 2.45) is 0 Å². The molecule has 1 heterocycles. The summed E-state index contributed by atoms with van der Waals surface area (Å²) in [6, 6.07) is 13.5. The van der Waals surface area contributed by atoms with Crippen LogP contribution in [0.5, 0.6) is 11.6 Å². The van der Waals surface area contributed by atoms with Crippen molar-refractivity contribution in [1.82, 2.24) is 9.97 Å². The Labute approximate surface area is 136 Å². The first-order valence-electron chi connectivity index (χ1n) is 6.68. The molecule has 0 spiro atoms. The maximum Gasteiger partial charge on any atom is 0.225 e. The molecule has 0 saturated carbocycles. The highest BCUT2D eigenvalue weighted by molar-refractivity contribution is 6.28. The Morgan fingerprint density at radius 1 is 0.957 bits per heavy atom. The van der Waals surface area contributed by atoms with Crippen molar-refractivity contribution in [3.63, 3.8) is 0 Å². The van der Waals surface area contributed by atoms with Crippen LogP contribution in [0.2, 0.25) is 5.28 Å². The molecular weight excluding hydrogens is 319 g/mol. The van der Waals surface area contributed by atoms with Gasteiger partial charge in [0.15, 0.2) is 5.78 Å². The van der Waals surface area contributed by atoms with Gasteiger partial charge in [0.2, 0.25) is 11.2 Å². The fourth-order valence-electron chi connectivity index (χ4n) is 1.94. The summed E-state index contributed by atoms with van der Waals surface area (Å²) >= 11 is 5.68. The van der Waals surface area contributed by atoms with E-state index in [1.54, 1.807) is 30.3 Å². The van der Waals surface area contributed by atoms with Crippen LogP contribution in [0, 0.1) is 5.82 Å². The van der Waals surface area contributed by atoms with E-state index in [4.69, 9.17) is 16.3 Å². The highest BCUT2D eigenvalue weighted by Gasteiger charge is 2.09. The van der Waals surface area contributed by atoms with Gasteiger partial charge in [-0.1, -0.05) is 0 Å². The maximum absolute atomic E-state index is 12.9. The second kappa shape index (κ2) is 6.54. The van der Waals surface area contributed by atoms with Gasteiger partial charge in [0, 0.05) is 23.4 Å². The van der Waals surface area contributed by atoms with Crippen molar-refractivity contribution in [2.75, 3.05) is 0 Å². The lowest BCUT2D eigenvalue weighted by molar-refractivity contribution is 0.103. The minimum Gasteiger partial charge on any atom is -0.439 e. The van der Waals surface area contributed by atoms with Crippen LogP contribution in [0.3, 0.4) is 0 Å². The van der Waals surface area contributed by atoms with Crippen molar-refractivity contribution in [2.45, 2.75) is 0 Å². The number of benzene rings is 2. The fraction of sp³-hybridized carbons (Fsp3) is 0. The second-order valence-electron chi connectivity index (χ2n) is 4.63. The van der Waals surface area contributed by atoms with Crippen LogP contribution in [0.4, 0.5) is 4.39 Å². The molecule has 0 atom stereocenters. The molecule has 1 aromatic heterocycles. The van der Waals surface area contributed by atoms with Gasteiger partial charge in [-0.15, -0.1) is 0 Å². The predicted molar refractivity (Wildman–Crippen MR) is 83.4 cm³/mol. The number of hydrogen-bond acceptors (Lipinski definition) is 4. The SMILES string of the molecule is O=C(c1ccc(F)cc1)c1ccc(Oc2ccnc(Cl)n2)cc1. The summed E-state index contributed by atoms with van der Waals surface area (Å²) in [5.41, 5.74) is 0.896. The standard InChI is InChI=1S/C17H10ClFN2O2/c18-17-20-10-9-15(21-17)23-14-7-3-12(4-8-14)16(22)11-1-5-13(19)6-2-11/h1-10H. The minimum absolute atomic E-state index is 0.0885. The Morgan fingerprint density at radius 3 is 2.17 bits per heavy atom. The molecule has 0 radical (unpaired) electrons. The molecule has 3 aromatic rings. The van der Waals surface area contributed by atoms with Crippen molar-refractivity contribution in [3.05, 3.63) is 83.0 Å². The van der Waals surface area contributed by atoms with Crippen LogP contribution in [0.25, 0.3) is 0 Å². The fourth-order valence-corrected chi connectivity index (χ4v) is 2.08. The summed E-state index contributed by atoms with van der Waals surface area (Å²) in [5.74, 6) is 0.244. The minimum atomic E-state index is -0.381. The lowest BCUT2D eigenvalue weighted by Crippen LogP contribution is -2.01. The van der Waals surface area contributed by atoms with Gasteiger partial charge in [0.25, 0.3) is 0 Å². The van der Waals surface area contributed by atoms with Gasteiger partial charge in [0.05, 0.1) is 0 Å². The van der Waals surface area contributed by atoms with Crippen molar-refractivity contribution < 1.29 is 13.9 Å². The molecule has 0 N–H and O–H groups in total. The van der Waals surface area contributed by atoms with E-state index >= 15 is 0 Å². The molecule has 4 nitrogen and oxygen atoms in total. The van der Waals surface area contributed by atoms with Crippen LogP contribution in [0.1, 0.15) is 15.9 Å². The largest absolute Gasteiger partial charge is 0.439 e. The molecule has 0 saturated heterocycles. The molecule has 6 heteroatoms. The Balaban J connectivity index is 1.76. The number of ketones is 1. The van der Waals surface area contributed by atoms with Gasteiger partial charge in [-0.3, -0.25) is 4.79 Å². The number of ether oxygens (including phenoxy) is 1. The monoisotopic (exact) mass is 328 g/mol. The molecule has 0 aliphatic rings. The third-order valence-corrected chi connectivity index (χ3v) is 3.23. The van der Waals surface area contributed by atoms with E-state index in [1.807, 2.05) is 0 Å². The normalized spacial score (nSPS) is 10.3. The number of nitrogens with zero attached hydrogens (tertiary/aromatic N) is 2. The van der Waals surface area contributed by atoms with Gasteiger partial charge >= 0.3 is 0 Å². The van der Waals surface area contributed by atoms with Crippen LogP contribution < -0.4 is 4.74 Å². The first-order valence-corrected chi connectivity index (χ1v) is 7.06. The quantitative estimate of drug-likeness (QED) is 0.529. The number of halogens is 2. The molecule has 0 bridgehead atoms. The molecule has 2 aromatic carbocycles. The van der Waals surface area contributed by atoms with Gasteiger partial charge in [-0.2, -0.15) is 4.98 Å². The number of rotatable bonds is 4. The number of hydrogen-bond donors (Lipinski definition) is 0. The zero-order valence-corrected chi connectivity index (χ0v) is 12.5. The second-order valence-corrected chi connectivity index (χ2v) is 4.96. The van der Waals surface area contributed by atoms with Crippen LogP contribution in [-0.4, -0.2) is 15.8 Å². The topological polar surface area (TPSA) is 52.1 Å². The average Bonchev–Trinajstić information content (AvgIpc) is 2.56. The number of carbonyl (C=O) groups is 1. The van der Waals surface area contributed by atoms with Crippen molar-refractivity contribution in [1.29, 1.82) is 0 Å². The lowest BCUT2D eigenvalue weighted by atomic mass is 10.0. The van der Waals surface area contributed by atoms with Gasteiger partial charge < -0.3 is 4.74 Å². The predicted octanol–water partition coefficient (Wildman–Crippen LogP) is 4.29. The zero-order valence-electron chi connectivity index (χ0n) is 11.7. The van der Waals surface area contributed by atoms with E-state index in [0.29, 0.717) is 22.8 Å². The first kappa shape index (κ1) is 15.1. The van der Waals surface area contributed by atoms with Crippen LogP contribution in [0.15, 0.2) is 60.8 Å². The lowest BCUT2D eigenvalue weighted by Gasteiger charge is -2.06. The summed E-state index contributed by atoms with van der Waals surface area (Å²) in [6.45, 7) is 0. The van der Waals surface area contributed by atoms with Crippen molar-refractivity contribution >= 4 is 17.4 Å². The van der Waals surface area contributed by atoms with E-state index in [0.717, 1.165) is 0 Å². The van der Waals surface area contributed by atoms with Crippen molar-refractivity contribution in [3.8, 4) is 11.6 Å². The van der Waals surface area contributed by atoms with Crippen LogP contribution in [-0.2, 0) is 0 Å². The van der Waals surface area contributed by atoms with E-state index < -0.39 is 0 Å². The summed E-state index contributed by atoms with van der Waals surface area (Å²) in [7, 11) is 0. The molecule has 114 valence electrons. The first-order chi connectivity index (χ1) is 11.1. The Morgan fingerprint density at radius 2 is 1.57 bits per heavy atom. The molecule has 0 aliphatic carbocycles. The molecule has 0 unspecified atom stereocenters. The summed E-state index contributed by atoms with van der Waals surface area (Å²) < 4.78 is 18.4. The van der Waals surface area contributed by atoms with Gasteiger partial charge in [-0.25, -0.2) is 9.37 Å². The summed E-state index contributed by atoms with van der Waals surface area (Å²) in [6.07, 6.45) is 1.48. The number of carbonyl (C=O) groups excluding carboxylic acids is 1. The summed E-state index contributed by atoms with van der Waals surface area (Å²) in [4.78, 5) is 19.9. The van der Waals surface area contributed by atoms with Gasteiger partial charge in [0.1, 0.15) is 11.6 Å². The smallest absolute Gasteiger partial charge is 0.225 e. The third kappa shape index (κ3) is 3.70. The Hall–Kier alpha value is -2.79. The molecule has 23 heavy (non-hydrogen) atoms. The average molecular weight is 329 g/mol. The molecule has 0 fully saturated rings. The molecule has 3 rings (SSSR count). The zero-order chi connectivity index (χ0) is 16.2. The maximum atomic E-state index is 12.9.